The number of halogens is 1. The van der Waals surface area contributed by atoms with Crippen molar-refractivity contribution < 1.29 is 17.9 Å². The Labute approximate surface area is 107 Å². The molecule has 0 aliphatic heterocycles. The van der Waals surface area contributed by atoms with Crippen molar-refractivity contribution in [1.82, 2.24) is 5.32 Å². The minimum Gasteiger partial charge on any atom is -0.391 e. The maximum Gasteiger partial charge on any atom is 0.180 e. The first-order valence-electron chi connectivity index (χ1n) is 5.71. The summed E-state index contributed by atoms with van der Waals surface area (Å²) in [7, 11) is -3.58. The second-order valence-corrected chi connectivity index (χ2v) is 6.49. The fourth-order valence-electron chi connectivity index (χ4n) is 1.42. The molecule has 0 aromatic heterocycles. The van der Waals surface area contributed by atoms with E-state index in [4.69, 9.17) is 0 Å². The zero-order chi connectivity index (χ0) is 13.8. The summed E-state index contributed by atoms with van der Waals surface area (Å²) in [5.41, 5.74) is 0. The minimum atomic E-state index is -3.58. The molecule has 1 aromatic rings. The molecule has 0 saturated carbocycles. The summed E-state index contributed by atoms with van der Waals surface area (Å²) in [4.78, 5) is 0.0208. The zero-order valence-electron chi connectivity index (χ0n) is 10.4. The minimum absolute atomic E-state index is 0.0208. The molecule has 1 rings (SSSR count). The van der Waals surface area contributed by atoms with Crippen LogP contribution >= 0.6 is 0 Å². The van der Waals surface area contributed by atoms with E-state index < -0.39 is 21.8 Å². The van der Waals surface area contributed by atoms with Crippen molar-refractivity contribution >= 4 is 9.84 Å². The molecule has 0 radical (unpaired) electrons. The van der Waals surface area contributed by atoms with Gasteiger partial charge in [0.1, 0.15) is 5.82 Å². The van der Waals surface area contributed by atoms with Crippen molar-refractivity contribution in [3.8, 4) is 0 Å². The van der Waals surface area contributed by atoms with Gasteiger partial charge in [0.2, 0.25) is 0 Å². The van der Waals surface area contributed by atoms with E-state index in [-0.39, 0.29) is 23.2 Å². The number of aliphatic hydroxyl groups is 1. The smallest absolute Gasteiger partial charge is 0.180 e. The Balaban J connectivity index is 2.67. The van der Waals surface area contributed by atoms with Crippen LogP contribution in [0.5, 0.6) is 0 Å². The highest BCUT2D eigenvalue weighted by molar-refractivity contribution is 7.91. The van der Waals surface area contributed by atoms with Gasteiger partial charge in [0.05, 0.1) is 16.8 Å². The first-order valence-corrected chi connectivity index (χ1v) is 7.36. The molecule has 1 unspecified atom stereocenters. The van der Waals surface area contributed by atoms with Crippen LogP contribution in [0.1, 0.15) is 13.8 Å². The van der Waals surface area contributed by atoms with Crippen molar-refractivity contribution in [1.29, 1.82) is 0 Å². The van der Waals surface area contributed by atoms with Crippen LogP contribution in [0.15, 0.2) is 29.2 Å². The summed E-state index contributed by atoms with van der Waals surface area (Å²) in [6.07, 6.45) is -0.984. The van der Waals surface area contributed by atoms with Gasteiger partial charge in [-0.2, -0.15) is 0 Å². The number of rotatable bonds is 6. The lowest BCUT2D eigenvalue weighted by molar-refractivity contribution is 0.190. The number of aliphatic hydroxyl groups excluding tert-OH is 1. The van der Waals surface area contributed by atoms with E-state index in [1.54, 1.807) is 0 Å². The predicted octanol–water partition coefficient (Wildman–Crippen LogP) is 0.958. The maximum atomic E-state index is 12.7. The summed E-state index contributed by atoms with van der Waals surface area (Å²) in [6, 6.07) is 4.76. The molecule has 0 heterocycles. The normalized spacial score (nSPS) is 13.8. The molecule has 6 heteroatoms. The summed E-state index contributed by atoms with van der Waals surface area (Å²) >= 11 is 0. The van der Waals surface area contributed by atoms with Gasteiger partial charge in [0.25, 0.3) is 0 Å². The molecule has 1 aromatic carbocycles. The molecule has 0 aliphatic carbocycles. The number of sulfone groups is 1. The van der Waals surface area contributed by atoms with E-state index in [2.05, 4.69) is 5.32 Å². The monoisotopic (exact) mass is 275 g/mol. The molecule has 0 amide bonds. The molecule has 4 nitrogen and oxygen atoms in total. The maximum absolute atomic E-state index is 12.7. The molecule has 1 atom stereocenters. The van der Waals surface area contributed by atoms with E-state index >= 15 is 0 Å². The van der Waals surface area contributed by atoms with E-state index in [9.17, 15) is 17.9 Å². The first kappa shape index (κ1) is 15.1. The topological polar surface area (TPSA) is 66.4 Å². The Morgan fingerprint density at radius 1 is 1.28 bits per heavy atom. The van der Waals surface area contributed by atoms with Gasteiger partial charge >= 0.3 is 0 Å². The number of hydrogen-bond acceptors (Lipinski definition) is 4. The van der Waals surface area contributed by atoms with Gasteiger partial charge in [-0.15, -0.1) is 0 Å². The van der Waals surface area contributed by atoms with Gasteiger partial charge in [-0.25, -0.2) is 12.8 Å². The van der Waals surface area contributed by atoms with Gasteiger partial charge in [-0.3, -0.25) is 0 Å². The van der Waals surface area contributed by atoms with E-state index in [1.807, 2.05) is 13.8 Å². The van der Waals surface area contributed by atoms with Crippen LogP contribution in [0.3, 0.4) is 0 Å². The molecule has 2 N–H and O–H groups in total. The number of hydrogen-bond donors (Lipinski definition) is 2. The van der Waals surface area contributed by atoms with Crippen LogP contribution in [-0.2, 0) is 9.84 Å². The lowest BCUT2D eigenvalue weighted by atomic mass is 10.3. The molecule has 0 aliphatic rings. The fraction of sp³-hybridized carbons (Fsp3) is 0.500. The Bertz CT molecular complexity index is 471. The fourth-order valence-corrected chi connectivity index (χ4v) is 2.79. The van der Waals surface area contributed by atoms with Crippen LogP contribution in [0.25, 0.3) is 0 Å². The molecule has 102 valence electrons. The largest absolute Gasteiger partial charge is 0.391 e. The van der Waals surface area contributed by atoms with E-state index in [0.29, 0.717) is 0 Å². The SMILES string of the molecule is CC(C)NCC(O)CS(=O)(=O)c1ccc(F)cc1. The average Bonchev–Trinajstić information content (AvgIpc) is 2.26. The lowest BCUT2D eigenvalue weighted by Gasteiger charge is -2.14. The molecule has 0 bridgehead atoms. The lowest BCUT2D eigenvalue weighted by Crippen LogP contribution is -2.35. The highest BCUT2D eigenvalue weighted by Crippen LogP contribution is 2.12. The van der Waals surface area contributed by atoms with Gasteiger partial charge in [-0.1, -0.05) is 13.8 Å². The summed E-state index contributed by atoms with van der Waals surface area (Å²) < 4.78 is 36.5. The zero-order valence-corrected chi connectivity index (χ0v) is 11.2. The summed E-state index contributed by atoms with van der Waals surface area (Å²) in [5, 5.41) is 12.6. The van der Waals surface area contributed by atoms with Gasteiger partial charge < -0.3 is 10.4 Å². The number of nitrogens with one attached hydrogen (secondary N) is 1. The average molecular weight is 275 g/mol. The third-order valence-corrected chi connectivity index (χ3v) is 4.16. The second-order valence-electron chi connectivity index (χ2n) is 4.45. The Kier molecular flexibility index (Phi) is 5.25. The van der Waals surface area contributed by atoms with Gasteiger partial charge in [0, 0.05) is 12.6 Å². The van der Waals surface area contributed by atoms with Crippen molar-refractivity contribution in [2.45, 2.75) is 30.9 Å². The van der Waals surface area contributed by atoms with Gasteiger partial charge in [0.15, 0.2) is 9.84 Å². The number of benzene rings is 1. The van der Waals surface area contributed by atoms with E-state index in [0.717, 1.165) is 12.1 Å². The Hall–Kier alpha value is -0.980. The summed E-state index contributed by atoms with van der Waals surface area (Å²) in [5.74, 6) is -0.866. The van der Waals surface area contributed by atoms with Crippen LogP contribution in [0, 0.1) is 5.82 Å². The van der Waals surface area contributed by atoms with Crippen LogP contribution in [0.2, 0.25) is 0 Å². The van der Waals surface area contributed by atoms with Crippen LogP contribution < -0.4 is 5.32 Å². The third kappa shape index (κ3) is 4.72. The van der Waals surface area contributed by atoms with Crippen LogP contribution in [-0.4, -0.2) is 38.0 Å². The predicted molar refractivity (Wildman–Crippen MR) is 67.6 cm³/mol. The highest BCUT2D eigenvalue weighted by Gasteiger charge is 2.19. The third-order valence-electron chi connectivity index (χ3n) is 2.35. The molecule has 0 spiro atoms. The second kappa shape index (κ2) is 6.26. The van der Waals surface area contributed by atoms with Crippen molar-refractivity contribution in [2.75, 3.05) is 12.3 Å². The first-order chi connectivity index (χ1) is 8.31. The quantitative estimate of drug-likeness (QED) is 0.759. The van der Waals surface area contributed by atoms with Crippen molar-refractivity contribution in [2.24, 2.45) is 0 Å². The van der Waals surface area contributed by atoms with Crippen LogP contribution in [0.4, 0.5) is 4.39 Å². The highest BCUT2D eigenvalue weighted by atomic mass is 32.2. The molecule has 18 heavy (non-hydrogen) atoms. The summed E-state index contributed by atoms with van der Waals surface area (Å²) in [6.45, 7) is 4.01. The van der Waals surface area contributed by atoms with Gasteiger partial charge in [-0.05, 0) is 24.3 Å². The molecule has 0 saturated heterocycles. The molecular formula is C12H18FNO3S. The Morgan fingerprint density at radius 2 is 1.83 bits per heavy atom. The molecule has 0 fully saturated rings. The van der Waals surface area contributed by atoms with Crippen molar-refractivity contribution in [3.63, 3.8) is 0 Å². The standard InChI is InChI=1S/C12H18FNO3S/c1-9(2)14-7-11(15)8-18(16,17)12-5-3-10(13)4-6-12/h3-6,9,11,14-15H,7-8H2,1-2H3. The Morgan fingerprint density at radius 3 is 2.33 bits per heavy atom. The van der Waals surface area contributed by atoms with Crippen molar-refractivity contribution in [3.05, 3.63) is 30.1 Å². The van der Waals surface area contributed by atoms with E-state index in [1.165, 1.54) is 12.1 Å². The molecular weight excluding hydrogens is 257 g/mol.